The summed E-state index contributed by atoms with van der Waals surface area (Å²) in [5.41, 5.74) is 6.68. The van der Waals surface area contributed by atoms with Crippen LogP contribution in [0.25, 0.3) is 11.3 Å². The van der Waals surface area contributed by atoms with Crippen molar-refractivity contribution in [1.82, 2.24) is 9.97 Å². The second-order valence-corrected chi connectivity index (χ2v) is 3.96. The number of aryl methyl sites for hydroxylation is 1. The molecule has 0 unspecified atom stereocenters. The average Bonchev–Trinajstić information content (AvgIpc) is 2.39. The normalized spacial score (nSPS) is 10.3. The number of rotatable bonds is 2. The van der Waals surface area contributed by atoms with Crippen LogP contribution in [0.1, 0.15) is 16.1 Å². The molecule has 5 nitrogen and oxygen atoms in total. The Morgan fingerprint density at radius 2 is 2.16 bits per heavy atom. The van der Waals surface area contributed by atoms with Crippen LogP contribution >= 0.6 is 0 Å². The number of carbonyl (C=O) groups is 1. The van der Waals surface area contributed by atoms with E-state index < -0.39 is 11.8 Å². The summed E-state index contributed by atoms with van der Waals surface area (Å²) in [6.07, 6.45) is 1.32. The van der Waals surface area contributed by atoms with Crippen LogP contribution in [0.4, 0.5) is 10.2 Å². The van der Waals surface area contributed by atoms with Crippen LogP contribution in [0.3, 0.4) is 0 Å². The van der Waals surface area contributed by atoms with E-state index >= 15 is 0 Å². The third-order valence-corrected chi connectivity index (χ3v) is 2.58. The maximum absolute atomic E-state index is 13.8. The number of benzene rings is 1. The zero-order chi connectivity index (χ0) is 14.0. The Morgan fingerprint density at radius 1 is 1.42 bits per heavy atom. The lowest BCUT2D eigenvalue weighted by Gasteiger charge is -2.07. The van der Waals surface area contributed by atoms with Crippen molar-refractivity contribution in [2.45, 2.75) is 6.92 Å². The second kappa shape index (κ2) is 5.01. The van der Waals surface area contributed by atoms with Gasteiger partial charge in [0.05, 0.1) is 19.0 Å². The van der Waals surface area contributed by atoms with Crippen molar-refractivity contribution in [2.24, 2.45) is 0 Å². The molecular formula is C13H12FN3O2. The van der Waals surface area contributed by atoms with E-state index in [1.807, 2.05) is 0 Å². The summed E-state index contributed by atoms with van der Waals surface area (Å²) >= 11 is 0. The molecule has 0 atom stereocenters. The third-order valence-electron chi connectivity index (χ3n) is 2.58. The number of nitrogens with zero attached hydrogens (tertiary/aromatic N) is 2. The Kier molecular flexibility index (Phi) is 3.41. The first-order valence-corrected chi connectivity index (χ1v) is 5.50. The van der Waals surface area contributed by atoms with Gasteiger partial charge in [-0.15, -0.1) is 0 Å². The Balaban J connectivity index is 2.54. The highest BCUT2D eigenvalue weighted by Crippen LogP contribution is 2.22. The van der Waals surface area contributed by atoms with E-state index in [1.54, 1.807) is 19.1 Å². The quantitative estimate of drug-likeness (QED) is 0.836. The van der Waals surface area contributed by atoms with Crippen molar-refractivity contribution in [2.75, 3.05) is 12.8 Å². The summed E-state index contributed by atoms with van der Waals surface area (Å²) in [5.74, 6) is -1.20. The lowest BCUT2D eigenvalue weighted by molar-refractivity contribution is 0.0595. The van der Waals surface area contributed by atoms with Crippen LogP contribution in [-0.4, -0.2) is 23.0 Å². The fraction of sp³-hybridized carbons (Fsp3) is 0.154. The molecule has 1 aromatic carbocycles. The van der Waals surface area contributed by atoms with Crippen LogP contribution in [0.15, 0.2) is 24.4 Å². The van der Waals surface area contributed by atoms with Crippen molar-refractivity contribution in [1.29, 1.82) is 0 Å². The second-order valence-electron chi connectivity index (χ2n) is 3.96. The maximum Gasteiger partial charge on any atom is 0.360 e. The van der Waals surface area contributed by atoms with Crippen molar-refractivity contribution in [3.05, 3.63) is 41.5 Å². The standard InChI is InChI=1S/C13H12FN3O2/c1-7-3-4-8(9(14)5-7)10-6-16-12(15)11(17-10)13(18)19-2/h3-6H,1-2H3,(H2,15,16). The molecule has 2 rings (SSSR count). The van der Waals surface area contributed by atoms with E-state index in [9.17, 15) is 9.18 Å². The number of ether oxygens (including phenoxy) is 1. The van der Waals surface area contributed by atoms with Gasteiger partial charge in [-0.3, -0.25) is 0 Å². The van der Waals surface area contributed by atoms with Crippen LogP contribution in [-0.2, 0) is 4.74 Å². The summed E-state index contributed by atoms with van der Waals surface area (Å²) in [6.45, 7) is 1.78. The summed E-state index contributed by atoms with van der Waals surface area (Å²) in [4.78, 5) is 19.3. The molecule has 0 aliphatic rings. The average molecular weight is 261 g/mol. The molecule has 0 bridgehead atoms. The number of hydrogen-bond donors (Lipinski definition) is 1. The summed E-state index contributed by atoms with van der Waals surface area (Å²) in [5, 5.41) is 0. The van der Waals surface area contributed by atoms with Gasteiger partial charge in [0.2, 0.25) is 0 Å². The van der Waals surface area contributed by atoms with Crippen LogP contribution < -0.4 is 5.73 Å². The van der Waals surface area contributed by atoms with E-state index in [1.165, 1.54) is 19.4 Å². The van der Waals surface area contributed by atoms with E-state index in [4.69, 9.17) is 5.73 Å². The minimum Gasteiger partial charge on any atom is -0.464 e. The topological polar surface area (TPSA) is 78.1 Å². The lowest BCUT2D eigenvalue weighted by atomic mass is 10.1. The smallest absolute Gasteiger partial charge is 0.360 e. The molecular weight excluding hydrogens is 249 g/mol. The van der Waals surface area contributed by atoms with Crippen LogP contribution in [0.5, 0.6) is 0 Å². The molecule has 0 radical (unpaired) electrons. The van der Waals surface area contributed by atoms with E-state index in [0.29, 0.717) is 0 Å². The predicted octanol–water partition coefficient (Wildman–Crippen LogP) is 1.96. The fourth-order valence-corrected chi connectivity index (χ4v) is 1.60. The largest absolute Gasteiger partial charge is 0.464 e. The summed E-state index contributed by atoms with van der Waals surface area (Å²) < 4.78 is 18.4. The molecule has 0 fully saturated rings. The molecule has 0 amide bonds. The first-order chi connectivity index (χ1) is 9.02. The third kappa shape index (κ3) is 2.52. The molecule has 2 aromatic rings. The fourth-order valence-electron chi connectivity index (χ4n) is 1.60. The van der Waals surface area contributed by atoms with Crippen molar-refractivity contribution >= 4 is 11.8 Å². The highest BCUT2D eigenvalue weighted by Gasteiger charge is 2.16. The zero-order valence-electron chi connectivity index (χ0n) is 10.5. The lowest BCUT2D eigenvalue weighted by Crippen LogP contribution is -2.10. The van der Waals surface area contributed by atoms with Gasteiger partial charge in [-0.05, 0) is 24.6 Å². The molecule has 1 heterocycles. The first kappa shape index (κ1) is 12.9. The number of halogens is 1. The number of nitrogen functional groups attached to an aromatic ring is 1. The number of aromatic nitrogens is 2. The first-order valence-electron chi connectivity index (χ1n) is 5.50. The van der Waals surface area contributed by atoms with Crippen LogP contribution in [0, 0.1) is 12.7 Å². The minimum atomic E-state index is -0.709. The number of nitrogens with two attached hydrogens (primary N) is 1. The Labute approximate surface area is 109 Å². The van der Waals surface area contributed by atoms with Crippen LogP contribution in [0.2, 0.25) is 0 Å². The van der Waals surface area contributed by atoms with Gasteiger partial charge in [-0.25, -0.2) is 19.2 Å². The Hall–Kier alpha value is -2.50. The number of methoxy groups -OCH3 is 1. The SMILES string of the molecule is COC(=O)c1nc(-c2ccc(C)cc2F)cnc1N. The van der Waals surface area contributed by atoms with Crippen molar-refractivity contribution < 1.29 is 13.9 Å². The highest BCUT2D eigenvalue weighted by atomic mass is 19.1. The van der Waals surface area contributed by atoms with Gasteiger partial charge < -0.3 is 10.5 Å². The molecule has 2 N–H and O–H groups in total. The van der Waals surface area contributed by atoms with Gasteiger partial charge in [-0.1, -0.05) is 6.07 Å². The van der Waals surface area contributed by atoms with E-state index in [2.05, 4.69) is 14.7 Å². The number of anilines is 1. The maximum atomic E-state index is 13.8. The van der Waals surface area contributed by atoms with E-state index in [-0.39, 0.29) is 22.8 Å². The molecule has 0 saturated heterocycles. The molecule has 1 aromatic heterocycles. The molecule has 0 aliphatic carbocycles. The van der Waals surface area contributed by atoms with Gasteiger partial charge in [0.15, 0.2) is 11.5 Å². The highest BCUT2D eigenvalue weighted by molar-refractivity contribution is 5.92. The predicted molar refractivity (Wildman–Crippen MR) is 67.9 cm³/mol. The monoisotopic (exact) mass is 261 g/mol. The zero-order valence-corrected chi connectivity index (χ0v) is 10.5. The summed E-state index contributed by atoms with van der Waals surface area (Å²) in [6, 6.07) is 4.70. The summed E-state index contributed by atoms with van der Waals surface area (Å²) in [7, 11) is 1.21. The minimum absolute atomic E-state index is 0.0527. The van der Waals surface area contributed by atoms with Crippen molar-refractivity contribution in [3.63, 3.8) is 0 Å². The molecule has 98 valence electrons. The molecule has 0 spiro atoms. The van der Waals surface area contributed by atoms with Gasteiger partial charge in [0.1, 0.15) is 5.82 Å². The van der Waals surface area contributed by atoms with Crippen molar-refractivity contribution in [3.8, 4) is 11.3 Å². The Bertz CT molecular complexity index is 644. The van der Waals surface area contributed by atoms with Gasteiger partial charge in [-0.2, -0.15) is 0 Å². The Morgan fingerprint density at radius 3 is 2.79 bits per heavy atom. The molecule has 19 heavy (non-hydrogen) atoms. The number of esters is 1. The molecule has 0 aliphatic heterocycles. The van der Waals surface area contributed by atoms with Gasteiger partial charge in [0, 0.05) is 5.56 Å². The number of carbonyl (C=O) groups excluding carboxylic acids is 1. The number of hydrogen-bond acceptors (Lipinski definition) is 5. The van der Waals surface area contributed by atoms with Gasteiger partial charge in [0.25, 0.3) is 0 Å². The van der Waals surface area contributed by atoms with E-state index in [0.717, 1.165) is 5.56 Å². The van der Waals surface area contributed by atoms with Gasteiger partial charge >= 0.3 is 5.97 Å². The molecule has 0 saturated carbocycles. The molecule has 6 heteroatoms.